The molecule has 7 rings (SSSR count). The molecule has 50 heavy (non-hydrogen) atoms. The molecule has 0 bridgehead atoms. The number of nitrogens with one attached hydrogen (secondary N) is 1. The van der Waals surface area contributed by atoms with Crippen molar-refractivity contribution in [3.8, 4) is 0 Å². The second kappa shape index (κ2) is 15.7. The van der Waals surface area contributed by atoms with Gasteiger partial charge in [-0.1, -0.05) is 108 Å². The third kappa shape index (κ3) is 6.99. The fourth-order valence-corrected chi connectivity index (χ4v) is 8.35. The predicted molar refractivity (Wildman–Crippen MR) is 188 cm³/mol. The maximum Gasteiger partial charge on any atom is 1.00 e. The molecule has 2 amide bonds. The zero-order valence-corrected chi connectivity index (χ0v) is 31.3. The largest absolute Gasteiger partial charge is 1.00 e. The van der Waals surface area contributed by atoms with Gasteiger partial charge in [-0.3, -0.25) is 14.5 Å². The molecule has 0 spiro atoms. The Morgan fingerprint density at radius 1 is 1.06 bits per heavy atom. The van der Waals surface area contributed by atoms with Gasteiger partial charge in [-0.2, -0.15) is 0 Å². The maximum atomic E-state index is 14.1. The fourth-order valence-electron chi connectivity index (χ4n) is 6.19. The van der Waals surface area contributed by atoms with Crippen LogP contribution in [0.25, 0.3) is 0 Å². The summed E-state index contributed by atoms with van der Waals surface area (Å²) in [5.41, 5.74) is 7.96. The Labute approximate surface area is 324 Å². The Kier molecular flexibility index (Phi) is 11.4. The molecule has 3 atom stereocenters. The Morgan fingerprint density at radius 3 is 2.16 bits per heavy atom. The van der Waals surface area contributed by atoms with Crippen LogP contribution in [0, 0.1) is 0 Å². The summed E-state index contributed by atoms with van der Waals surface area (Å²) in [6.45, 7) is 0.581. The van der Waals surface area contributed by atoms with E-state index >= 15 is 0 Å². The average Bonchev–Trinajstić information content (AvgIpc) is 3.81. The van der Waals surface area contributed by atoms with E-state index in [1.807, 2.05) is 91.0 Å². The number of β-lactam (4-membered cyclic amide) rings is 1. The van der Waals surface area contributed by atoms with Crippen LogP contribution in [-0.2, 0) is 29.5 Å². The first-order valence-corrected chi connectivity index (χ1v) is 17.7. The average molecular weight is 736 g/mol. The van der Waals surface area contributed by atoms with Crippen LogP contribution in [-0.4, -0.2) is 69.1 Å². The van der Waals surface area contributed by atoms with Crippen LogP contribution >= 0.6 is 35.3 Å². The van der Waals surface area contributed by atoms with E-state index in [2.05, 4.69) is 15.5 Å². The van der Waals surface area contributed by atoms with Crippen LogP contribution in [0.3, 0.4) is 0 Å². The number of hydrogen-bond acceptors (Lipinski definition) is 12. The summed E-state index contributed by atoms with van der Waals surface area (Å²) in [7, 11) is 0. The second-order valence-electron chi connectivity index (χ2n) is 11.5. The Morgan fingerprint density at radius 2 is 1.66 bits per heavy atom. The van der Waals surface area contributed by atoms with Crippen molar-refractivity contribution in [1.29, 1.82) is 0 Å². The third-order valence-electron chi connectivity index (χ3n) is 8.49. The second-order valence-corrected chi connectivity index (χ2v) is 13.8. The van der Waals surface area contributed by atoms with Crippen LogP contribution in [0.2, 0.25) is 0 Å². The molecule has 2 fully saturated rings. The Bertz CT molecular complexity index is 1830. The molecule has 3 aliphatic heterocycles. The minimum absolute atomic E-state index is 0. The molecule has 2 unspecified atom stereocenters. The van der Waals surface area contributed by atoms with Crippen molar-refractivity contribution in [3.63, 3.8) is 0 Å². The van der Waals surface area contributed by atoms with Crippen LogP contribution in [0.5, 0.6) is 0 Å². The quantitative estimate of drug-likeness (QED) is 0.0559. The number of ether oxygens (including phenoxy) is 2. The van der Waals surface area contributed by atoms with E-state index in [4.69, 9.17) is 32.3 Å². The number of thiazole rings is 1. The van der Waals surface area contributed by atoms with Gasteiger partial charge in [0.1, 0.15) is 23.9 Å². The number of amides is 2. The number of hydrogen-bond donors (Lipinski definition) is 2. The SMILES string of the molecule is Nc1nc(/C(=N/OC(c2ccccc2)(c2ccccc2)c2ccccc2)C(=O)NC2C(=O)N3C(C([O-])=S)=C(CC4COCO4)CS[C@H]23)cs1.[Na+]. The predicted octanol–water partition coefficient (Wildman–Crippen LogP) is 0.547. The summed E-state index contributed by atoms with van der Waals surface area (Å²) in [5, 5.41) is 20.6. The van der Waals surface area contributed by atoms with Crippen LogP contribution in [0.4, 0.5) is 5.13 Å². The number of oxime groups is 1. The van der Waals surface area contributed by atoms with Crippen molar-refractivity contribution in [3.05, 3.63) is 130 Å². The molecule has 15 heteroatoms. The van der Waals surface area contributed by atoms with E-state index in [1.54, 1.807) is 5.38 Å². The topological polar surface area (TPSA) is 151 Å². The first-order valence-electron chi connectivity index (χ1n) is 15.4. The van der Waals surface area contributed by atoms with Crippen molar-refractivity contribution < 1.29 is 58.6 Å². The van der Waals surface area contributed by atoms with E-state index in [1.165, 1.54) is 16.7 Å². The smallest absolute Gasteiger partial charge is 0.863 e. The minimum atomic E-state index is -1.27. The summed E-state index contributed by atoms with van der Waals surface area (Å²) in [6.07, 6.45) is 0.200. The van der Waals surface area contributed by atoms with E-state index < -0.39 is 33.9 Å². The molecular weight excluding hydrogens is 706 g/mol. The normalized spacial score (nSPS) is 20.4. The molecule has 3 aromatic carbocycles. The molecule has 0 radical (unpaired) electrons. The third-order valence-corrected chi connectivity index (χ3v) is 10.7. The molecule has 2 saturated heterocycles. The van der Waals surface area contributed by atoms with E-state index in [0.29, 0.717) is 18.8 Å². The molecule has 250 valence electrons. The molecule has 0 aliphatic carbocycles. The van der Waals surface area contributed by atoms with E-state index in [0.717, 1.165) is 33.6 Å². The number of thioether (sulfide) groups is 1. The summed E-state index contributed by atoms with van der Waals surface area (Å²) in [6, 6.07) is 27.8. The number of aromatic nitrogens is 1. The van der Waals surface area contributed by atoms with Crippen LogP contribution < -0.4 is 45.7 Å². The van der Waals surface area contributed by atoms with Crippen LogP contribution in [0.15, 0.2) is 113 Å². The monoisotopic (exact) mass is 735 g/mol. The van der Waals surface area contributed by atoms with Crippen molar-refractivity contribution in [1.82, 2.24) is 15.2 Å². The number of benzene rings is 3. The van der Waals surface area contributed by atoms with Gasteiger partial charge in [-0.15, -0.1) is 23.1 Å². The van der Waals surface area contributed by atoms with Gasteiger partial charge < -0.3 is 30.5 Å². The molecule has 3 aliphatic rings. The fraction of sp³-hybridized carbons (Fsp3) is 0.229. The molecule has 4 heterocycles. The Balaban J connectivity index is 0.00000432. The van der Waals surface area contributed by atoms with Gasteiger partial charge >= 0.3 is 29.6 Å². The van der Waals surface area contributed by atoms with Crippen molar-refractivity contribution in [2.24, 2.45) is 5.16 Å². The van der Waals surface area contributed by atoms with Gasteiger partial charge in [0.25, 0.3) is 11.8 Å². The summed E-state index contributed by atoms with van der Waals surface area (Å²) in [4.78, 5) is 40.0. The van der Waals surface area contributed by atoms with E-state index in [-0.39, 0.29) is 64.7 Å². The number of fused-ring (bicyclic) bond motifs is 1. The number of anilines is 1. The van der Waals surface area contributed by atoms with Crippen molar-refractivity contribution >= 4 is 63.0 Å². The standard InChI is InChI=1S/C35H31N5O6S3.Na/c36-34-37-26(19-49-34)27(30(41)38-28-31(42)40-29(33(43)47)21(18-48-32(28)40)16-25-17-44-20-45-25)39-46-35(22-10-4-1-5-11-22,23-12-6-2-7-13-23)24-14-8-3-9-15-24;/h1-15,19,25,28,32H,16-18,20H2,(H2,36,37)(H,38,41)(H,43,47);/q;+1/p-1/b39-27-;/t25?,28?,32-;/m1./s1. The number of thiocarbonyl (C=S) groups is 1. The summed E-state index contributed by atoms with van der Waals surface area (Å²) >= 11 is 7.62. The summed E-state index contributed by atoms with van der Waals surface area (Å²) in [5.74, 6) is -0.701. The van der Waals surface area contributed by atoms with E-state index in [9.17, 15) is 14.7 Å². The van der Waals surface area contributed by atoms with Gasteiger partial charge in [0.15, 0.2) is 10.8 Å². The summed E-state index contributed by atoms with van der Waals surface area (Å²) < 4.78 is 10.8. The molecule has 4 aromatic rings. The zero-order valence-electron chi connectivity index (χ0n) is 26.9. The number of nitrogens with two attached hydrogens (primary N) is 1. The molecule has 0 saturated carbocycles. The minimum Gasteiger partial charge on any atom is -0.863 e. The van der Waals surface area contributed by atoms with Gasteiger partial charge in [0.2, 0.25) is 5.60 Å². The number of nitrogen functional groups attached to an aromatic ring is 1. The van der Waals surface area contributed by atoms with Gasteiger partial charge in [0, 0.05) is 39.9 Å². The van der Waals surface area contributed by atoms with Crippen LogP contribution in [0.1, 0.15) is 28.8 Å². The molecule has 11 nitrogen and oxygen atoms in total. The van der Waals surface area contributed by atoms with Crippen molar-refractivity contribution in [2.75, 3.05) is 24.9 Å². The zero-order chi connectivity index (χ0) is 34.0. The van der Waals surface area contributed by atoms with Crippen molar-refractivity contribution in [2.45, 2.75) is 29.5 Å². The molecule has 1 aromatic heterocycles. The maximum absolute atomic E-state index is 14.1. The number of nitrogens with zero attached hydrogens (tertiary/aromatic N) is 3. The van der Waals surface area contributed by atoms with Gasteiger partial charge in [0.05, 0.1) is 12.7 Å². The first-order chi connectivity index (χ1) is 23.9. The van der Waals surface area contributed by atoms with Gasteiger partial charge in [-0.25, -0.2) is 4.98 Å². The molecule has 3 N–H and O–H groups in total. The first kappa shape index (κ1) is 36.2. The number of carbonyl (C=O) groups is 2. The van der Waals surface area contributed by atoms with Gasteiger partial charge in [-0.05, 0) is 10.6 Å². The number of carbonyl (C=O) groups excluding carboxylic acids is 2. The Hall–Kier alpha value is -3.60. The number of rotatable bonds is 11. The molecular formula is C35H30N5NaO6S3.